The fraction of sp³-hybridized carbons (Fsp3) is 0.667. The highest BCUT2D eigenvalue weighted by atomic mass is 19.1. The second-order valence-corrected chi connectivity index (χ2v) is 6.48. The first-order valence-corrected chi connectivity index (χ1v) is 8.15. The summed E-state index contributed by atoms with van der Waals surface area (Å²) in [4.78, 5) is 0. The monoisotopic (exact) mass is 277 g/mol. The third-order valence-electron chi connectivity index (χ3n) is 4.49. The lowest BCUT2D eigenvalue weighted by Gasteiger charge is -2.28. The van der Waals surface area contributed by atoms with Crippen LogP contribution in [0.1, 0.15) is 63.9 Å². The van der Waals surface area contributed by atoms with E-state index in [1.807, 2.05) is 6.07 Å². The van der Waals surface area contributed by atoms with Crippen molar-refractivity contribution in [3.8, 4) is 0 Å². The van der Waals surface area contributed by atoms with Gasteiger partial charge in [-0.05, 0) is 42.4 Å². The highest BCUT2D eigenvalue weighted by Gasteiger charge is 2.24. The van der Waals surface area contributed by atoms with Gasteiger partial charge in [0.2, 0.25) is 0 Å². The maximum atomic E-state index is 13.6. The third kappa shape index (κ3) is 4.59. The van der Waals surface area contributed by atoms with Crippen molar-refractivity contribution in [2.45, 2.75) is 64.3 Å². The summed E-state index contributed by atoms with van der Waals surface area (Å²) in [5, 5.41) is 3.56. The van der Waals surface area contributed by atoms with Crippen LogP contribution in [-0.2, 0) is 0 Å². The molecule has 0 spiro atoms. The van der Waals surface area contributed by atoms with Crippen LogP contribution in [0.2, 0.25) is 0 Å². The number of hydrogen-bond acceptors (Lipinski definition) is 1. The summed E-state index contributed by atoms with van der Waals surface area (Å²) in [6.45, 7) is 5.32. The van der Waals surface area contributed by atoms with E-state index >= 15 is 0 Å². The maximum absolute atomic E-state index is 13.6. The van der Waals surface area contributed by atoms with Gasteiger partial charge in [0.15, 0.2) is 0 Å². The van der Waals surface area contributed by atoms with E-state index in [-0.39, 0.29) is 5.82 Å². The molecular weight excluding hydrogens is 249 g/mol. The van der Waals surface area contributed by atoms with Gasteiger partial charge >= 0.3 is 0 Å². The Bertz CT molecular complexity index is 394. The first kappa shape index (κ1) is 15.5. The van der Waals surface area contributed by atoms with Crippen molar-refractivity contribution >= 4 is 0 Å². The van der Waals surface area contributed by atoms with E-state index in [1.54, 1.807) is 12.1 Å². The van der Waals surface area contributed by atoms with Gasteiger partial charge in [-0.25, -0.2) is 4.39 Å². The van der Waals surface area contributed by atoms with Crippen LogP contribution in [0, 0.1) is 11.7 Å². The second-order valence-electron chi connectivity index (χ2n) is 6.48. The molecule has 20 heavy (non-hydrogen) atoms. The normalized spacial score (nSPS) is 19.0. The Morgan fingerprint density at radius 1 is 1.15 bits per heavy atom. The summed E-state index contributed by atoms with van der Waals surface area (Å²) < 4.78 is 13.6. The molecule has 112 valence electrons. The molecule has 0 saturated heterocycles. The number of rotatable bonds is 5. The summed E-state index contributed by atoms with van der Waals surface area (Å²) in [6.07, 6.45) is 7.98. The van der Waals surface area contributed by atoms with E-state index in [0.29, 0.717) is 17.9 Å². The van der Waals surface area contributed by atoms with Gasteiger partial charge in [0.25, 0.3) is 0 Å². The minimum absolute atomic E-state index is 0.106. The molecule has 1 aromatic rings. The van der Waals surface area contributed by atoms with E-state index < -0.39 is 0 Å². The van der Waals surface area contributed by atoms with Crippen LogP contribution in [0.5, 0.6) is 0 Å². The number of halogens is 1. The highest BCUT2D eigenvalue weighted by molar-refractivity contribution is 5.22. The molecule has 1 nitrogen and oxygen atoms in total. The topological polar surface area (TPSA) is 12.0 Å². The van der Waals surface area contributed by atoms with Crippen molar-refractivity contribution in [1.29, 1.82) is 0 Å². The standard InChI is InChI=1S/C18H28FN/c1-14(2)20-13-18(15-8-5-3-4-6-9-15)16-10-7-11-17(19)12-16/h7,10-12,14-15,18,20H,3-6,8-9,13H2,1-2H3. The molecule has 1 saturated carbocycles. The second kappa shape index (κ2) is 7.78. The van der Waals surface area contributed by atoms with Gasteiger partial charge in [-0.15, -0.1) is 0 Å². The van der Waals surface area contributed by atoms with Gasteiger partial charge in [0, 0.05) is 12.6 Å². The van der Waals surface area contributed by atoms with E-state index in [9.17, 15) is 4.39 Å². The Morgan fingerprint density at radius 3 is 2.45 bits per heavy atom. The average molecular weight is 277 g/mol. The van der Waals surface area contributed by atoms with Gasteiger partial charge in [0.05, 0.1) is 0 Å². The van der Waals surface area contributed by atoms with Gasteiger partial charge in [-0.2, -0.15) is 0 Å². The molecule has 1 N–H and O–H groups in total. The van der Waals surface area contributed by atoms with Crippen molar-refractivity contribution < 1.29 is 4.39 Å². The lowest BCUT2D eigenvalue weighted by atomic mass is 9.81. The quantitative estimate of drug-likeness (QED) is 0.757. The minimum atomic E-state index is -0.106. The fourth-order valence-corrected chi connectivity index (χ4v) is 3.37. The van der Waals surface area contributed by atoms with Gasteiger partial charge in [-0.1, -0.05) is 51.7 Å². The molecule has 0 amide bonds. The van der Waals surface area contributed by atoms with Crippen molar-refractivity contribution in [3.63, 3.8) is 0 Å². The van der Waals surface area contributed by atoms with Crippen molar-refractivity contribution in [2.75, 3.05) is 6.54 Å². The zero-order valence-electron chi connectivity index (χ0n) is 12.9. The number of nitrogens with one attached hydrogen (secondary N) is 1. The van der Waals surface area contributed by atoms with Crippen LogP contribution in [0.15, 0.2) is 24.3 Å². The third-order valence-corrected chi connectivity index (χ3v) is 4.49. The lowest BCUT2D eigenvalue weighted by Crippen LogP contribution is -2.31. The summed E-state index contributed by atoms with van der Waals surface area (Å²) in [5.41, 5.74) is 1.17. The Hall–Kier alpha value is -0.890. The van der Waals surface area contributed by atoms with E-state index in [4.69, 9.17) is 0 Å². The Labute approximate surface area is 123 Å². The molecule has 0 aliphatic heterocycles. The molecule has 2 heteroatoms. The van der Waals surface area contributed by atoms with Crippen LogP contribution in [-0.4, -0.2) is 12.6 Å². The van der Waals surface area contributed by atoms with Gasteiger partial charge in [0.1, 0.15) is 5.82 Å². The minimum Gasteiger partial charge on any atom is -0.314 e. The summed E-state index contributed by atoms with van der Waals surface area (Å²) >= 11 is 0. The van der Waals surface area contributed by atoms with Crippen molar-refractivity contribution in [3.05, 3.63) is 35.6 Å². The molecule has 1 aliphatic carbocycles. The first-order chi connectivity index (χ1) is 9.66. The first-order valence-electron chi connectivity index (χ1n) is 8.15. The van der Waals surface area contributed by atoms with Gasteiger partial charge in [-0.3, -0.25) is 0 Å². The predicted molar refractivity (Wildman–Crippen MR) is 83.5 cm³/mol. The van der Waals surface area contributed by atoms with Crippen LogP contribution in [0.3, 0.4) is 0 Å². The summed E-state index contributed by atoms with van der Waals surface area (Å²) in [6, 6.07) is 7.71. The molecule has 0 heterocycles. The number of hydrogen-bond donors (Lipinski definition) is 1. The largest absolute Gasteiger partial charge is 0.314 e. The zero-order valence-corrected chi connectivity index (χ0v) is 12.9. The molecule has 1 aliphatic rings. The van der Waals surface area contributed by atoms with Crippen LogP contribution >= 0.6 is 0 Å². The van der Waals surface area contributed by atoms with Crippen molar-refractivity contribution in [2.24, 2.45) is 5.92 Å². The van der Waals surface area contributed by atoms with Crippen LogP contribution in [0.4, 0.5) is 4.39 Å². The SMILES string of the molecule is CC(C)NCC(c1cccc(F)c1)C1CCCCCC1. The Balaban J connectivity index is 2.14. The van der Waals surface area contributed by atoms with Crippen LogP contribution in [0.25, 0.3) is 0 Å². The van der Waals surface area contributed by atoms with E-state index in [2.05, 4.69) is 25.2 Å². The zero-order chi connectivity index (χ0) is 14.4. The Kier molecular flexibility index (Phi) is 6.03. The molecule has 0 radical (unpaired) electrons. The highest BCUT2D eigenvalue weighted by Crippen LogP contribution is 2.35. The molecular formula is C18H28FN. The van der Waals surface area contributed by atoms with Gasteiger partial charge < -0.3 is 5.32 Å². The molecule has 1 fully saturated rings. The fourth-order valence-electron chi connectivity index (χ4n) is 3.37. The molecule has 2 rings (SSSR count). The average Bonchev–Trinajstić information content (AvgIpc) is 2.68. The summed E-state index contributed by atoms with van der Waals surface area (Å²) in [7, 11) is 0. The summed E-state index contributed by atoms with van der Waals surface area (Å²) in [5.74, 6) is 1.04. The van der Waals surface area contributed by atoms with Crippen molar-refractivity contribution in [1.82, 2.24) is 5.32 Å². The molecule has 0 bridgehead atoms. The smallest absolute Gasteiger partial charge is 0.123 e. The predicted octanol–water partition coefficient (Wildman–Crippen LogP) is 4.88. The molecule has 1 aromatic carbocycles. The van der Waals surface area contributed by atoms with E-state index in [1.165, 1.54) is 44.1 Å². The number of benzene rings is 1. The molecule has 0 aromatic heterocycles. The van der Waals surface area contributed by atoms with Crippen LogP contribution < -0.4 is 5.32 Å². The lowest BCUT2D eigenvalue weighted by molar-refractivity contribution is 0.352. The maximum Gasteiger partial charge on any atom is 0.123 e. The van der Waals surface area contributed by atoms with E-state index in [0.717, 1.165) is 6.54 Å². The Morgan fingerprint density at radius 2 is 1.85 bits per heavy atom. The molecule has 1 unspecified atom stereocenters. The molecule has 1 atom stereocenters.